The Morgan fingerprint density at radius 2 is 1.67 bits per heavy atom. The Bertz CT molecular complexity index is 1340. The van der Waals surface area contributed by atoms with Crippen LogP contribution in [0.1, 0.15) is 30.4 Å². The number of fused-ring (bicyclic) bond motifs is 1. The van der Waals surface area contributed by atoms with Gasteiger partial charge in [0.25, 0.3) is 5.56 Å². The minimum Gasteiger partial charge on any atom is -0.488 e. The lowest BCUT2D eigenvalue weighted by atomic mass is 10.0. The van der Waals surface area contributed by atoms with E-state index in [1.165, 1.54) is 0 Å². The van der Waals surface area contributed by atoms with Crippen LogP contribution in [-0.2, 0) is 13.2 Å². The summed E-state index contributed by atoms with van der Waals surface area (Å²) in [4.78, 5) is 13.7. The fourth-order valence-corrected chi connectivity index (χ4v) is 4.35. The molecule has 1 heterocycles. The molecule has 4 rings (SSSR count). The van der Waals surface area contributed by atoms with E-state index in [1.54, 1.807) is 18.2 Å². The normalized spacial score (nSPS) is 10.8. The van der Waals surface area contributed by atoms with Gasteiger partial charge in [0.05, 0.1) is 22.7 Å². The molecule has 166 valence electrons. The van der Waals surface area contributed by atoms with Crippen LogP contribution >= 0.6 is 15.9 Å². The van der Waals surface area contributed by atoms with Crippen molar-refractivity contribution in [3.63, 3.8) is 0 Å². The number of halogens is 1. The lowest BCUT2D eigenvalue weighted by molar-refractivity contribution is 0.307. The van der Waals surface area contributed by atoms with Gasteiger partial charge in [0, 0.05) is 17.4 Å². The molecule has 0 aliphatic rings. The standard InChI is InChI=1S/C28H25BrN2O2/c29-15-7-2-8-16-31-26-12-6-5-11-23(26)18-25(28(31)32)24-17-22(19-30)13-14-27(24)33-20-21-9-3-1-4-10-21/h1,3-6,9-14,17-18H,2,7-8,15-16,20H2. The van der Waals surface area contributed by atoms with Crippen molar-refractivity contribution in [1.29, 1.82) is 5.26 Å². The van der Waals surface area contributed by atoms with E-state index in [1.807, 2.05) is 65.2 Å². The molecule has 3 aromatic carbocycles. The molecule has 0 N–H and O–H groups in total. The van der Waals surface area contributed by atoms with E-state index in [0.717, 1.165) is 41.1 Å². The molecule has 0 radical (unpaired) electrons. The molecule has 0 saturated heterocycles. The van der Waals surface area contributed by atoms with E-state index in [0.29, 0.717) is 35.6 Å². The van der Waals surface area contributed by atoms with Crippen molar-refractivity contribution < 1.29 is 4.74 Å². The summed E-state index contributed by atoms with van der Waals surface area (Å²) in [5.41, 5.74) is 3.59. The second-order valence-corrected chi connectivity index (χ2v) is 8.71. The number of rotatable bonds is 9. The highest BCUT2D eigenvalue weighted by Gasteiger charge is 2.16. The zero-order valence-electron chi connectivity index (χ0n) is 18.3. The van der Waals surface area contributed by atoms with Crippen LogP contribution in [0.15, 0.2) is 83.7 Å². The molecule has 0 unspecified atom stereocenters. The molecule has 0 spiro atoms. The van der Waals surface area contributed by atoms with Crippen molar-refractivity contribution in [2.75, 3.05) is 5.33 Å². The van der Waals surface area contributed by atoms with Crippen molar-refractivity contribution in [2.45, 2.75) is 32.4 Å². The van der Waals surface area contributed by atoms with Crippen molar-refractivity contribution in [2.24, 2.45) is 0 Å². The molecular formula is C28H25BrN2O2. The Balaban J connectivity index is 1.79. The highest BCUT2D eigenvalue weighted by atomic mass is 79.9. The van der Waals surface area contributed by atoms with Gasteiger partial charge < -0.3 is 9.30 Å². The van der Waals surface area contributed by atoms with Gasteiger partial charge in [-0.1, -0.05) is 70.9 Å². The van der Waals surface area contributed by atoms with Gasteiger partial charge in [0.1, 0.15) is 12.4 Å². The Labute approximate surface area is 202 Å². The summed E-state index contributed by atoms with van der Waals surface area (Å²) in [6, 6.07) is 27.2. The number of alkyl halides is 1. The van der Waals surface area contributed by atoms with E-state index < -0.39 is 0 Å². The highest BCUT2D eigenvalue weighted by Crippen LogP contribution is 2.31. The number of unbranched alkanes of at least 4 members (excludes halogenated alkanes) is 2. The predicted molar refractivity (Wildman–Crippen MR) is 137 cm³/mol. The van der Waals surface area contributed by atoms with Crippen molar-refractivity contribution in [3.05, 3.63) is 100 Å². The summed E-state index contributed by atoms with van der Waals surface area (Å²) in [5.74, 6) is 0.594. The maximum Gasteiger partial charge on any atom is 0.259 e. The highest BCUT2D eigenvalue weighted by molar-refractivity contribution is 9.09. The van der Waals surface area contributed by atoms with Crippen molar-refractivity contribution >= 4 is 26.8 Å². The summed E-state index contributed by atoms with van der Waals surface area (Å²) in [7, 11) is 0. The molecule has 0 amide bonds. The average molecular weight is 501 g/mol. The summed E-state index contributed by atoms with van der Waals surface area (Å²) >= 11 is 3.48. The van der Waals surface area contributed by atoms with E-state index >= 15 is 0 Å². The average Bonchev–Trinajstić information content (AvgIpc) is 2.86. The Hall–Kier alpha value is -3.36. The lowest BCUT2D eigenvalue weighted by Gasteiger charge is -2.16. The smallest absolute Gasteiger partial charge is 0.259 e. The monoisotopic (exact) mass is 500 g/mol. The number of benzene rings is 3. The second kappa shape index (κ2) is 11.0. The third-order valence-corrected chi connectivity index (χ3v) is 6.22. The van der Waals surface area contributed by atoms with Gasteiger partial charge in [-0.3, -0.25) is 4.79 Å². The number of aromatic nitrogens is 1. The maximum absolute atomic E-state index is 13.7. The molecule has 0 atom stereocenters. The molecule has 1 aromatic heterocycles. The fourth-order valence-electron chi connectivity index (χ4n) is 3.95. The molecule has 33 heavy (non-hydrogen) atoms. The zero-order chi connectivity index (χ0) is 23.0. The van der Waals surface area contributed by atoms with Gasteiger partial charge in [-0.2, -0.15) is 5.26 Å². The largest absolute Gasteiger partial charge is 0.488 e. The first-order valence-electron chi connectivity index (χ1n) is 11.1. The first-order chi connectivity index (χ1) is 16.2. The van der Waals surface area contributed by atoms with Crippen LogP contribution in [0.3, 0.4) is 0 Å². The second-order valence-electron chi connectivity index (χ2n) is 7.92. The number of para-hydroxylation sites is 1. The van der Waals surface area contributed by atoms with E-state index in [9.17, 15) is 10.1 Å². The number of ether oxygens (including phenoxy) is 1. The molecule has 4 aromatic rings. The molecule has 0 bridgehead atoms. The van der Waals surface area contributed by atoms with Crippen LogP contribution in [0.5, 0.6) is 5.75 Å². The first kappa shape index (κ1) is 22.8. The first-order valence-corrected chi connectivity index (χ1v) is 12.2. The summed E-state index contributed by atoms with van der Waals surface area (Å²) < 4.78 is 7.99. The topological polar surface area (TPSA) is 55.0 Å². The quantitative estimate of drug-likeness (QED) is 0.190. The van der Waals surface area contributed by atoms with E-state index in [-0.39, 0.29) is 5.56 Å². The van der Waals surface area contributed by atoms with Crippen LogP contribution in [0.25, 0.3) is 22.0 Å². The minimum absolute atomic E-state index is 0.0628. The van der Waals surface area contributed by atoms with Crippen LogP contribution in [0.4, 0.5) is 0 Å². The summed E-state index contributed by atoms with van der Waals surface area (Å²) in [5, 5.41) is 11.4. The summed E-state index contributed by atoms with van der Waals surface area (Å²) in [6.45, 7) is 1.03. The Morgan fingerprint density at radius 1 is 0.879 bits per heavy atom. The number of hydrogen-bond donors (Lipinski definition) is 0. The lowest BCUT2D eigenvalue weighted by Crippen LogP contribution is -2.22. The van der Waals surface area contributed by atoms with Crippen LogP contribution in [0, 0.1) is 11.3 Å². The number of pyridine rings is 1. The zero-order valence-corrected chi connectivity index (χ0v) is 19.9. The van der Waals surface area contributed by atoms with Gasteiger partial charge in [-0.25, -0.2) is 0 Å². The number of hydrogen-bond acceptors (Lipinski definition) is 3. The molecule has 0 fully saturated rings. The van der Waals surface area contributed by atoms with Gasteiger partial charge in [0.15, 0.2) is 0 Å². The fraction of sp³-hybridized carbons (Fsp3) is 0.214. The Morgan fingerprint density at radius 3 is 2.45 bits per heavy atom. The minimum atomic E-state index is -0.0628. The molecule has 0 aliphatic carbocycles. The van der Waals surface area contributed by atoms with E-state index in [2.05, 4.69) is 22.0 Å². The number of nitriles is 1. The van der Waals surface area contributed by atoms with Gasteiger partial charge >= 0.3 is 0 Å². The SMILES string of the molecule is N#Cc1ccc(OCc2ccccc2)c(-c2cc3ccccc3n(CCCCCBr)c2=O)c1. The van der Waals surface area contributed by atoms with Crippen LogP contribution in [0.2, 0.25) is 0 Å². The van der Waals surface area contributed by atoms with Crippen molar-refractivity contribution in [3.8, 4) is 22.9 Å². The molecule has 0 aliphatic heterocycles. The number of nitrogens with zero attached hydrogens (tertiary/aromatic N) is 2. The molecular weight excluding hydrogens is 476 g/mol. The Kier molecular flexibility index (Phi) is 7.59. The van der Waals surface area contributed by atoms with Gasteiger partial charge in [0.2, 0.25) is 0 Å². The predicted octanol–water partition coefficient (Wildman–Crippen LogP) is 6.68. The molecule has 5 heteroatoms. The molecule has 0 saturated carbocycles. The third-order valence-electron chi connectivity index (χ3n) is 5.65. The van der Waals surface area contributed by atoms with Gasteiger partial charge in [-0.15, -0.1) is 0 Å². The van der Waals surface area contributed by atoms with Crippen LogP contribution < -0.4 is 10.3 Å². The summed E-state index contributed by atoms with van der Waals surface area (Å²) in [6.07, 6.45) is 3.05. The van der Waals surface area contributed by atoms with Crippen molar-refractivity contribution in [1.82, 2.24) is 4.57 Å². The number of aryl methyl sites for hydroxylation is 1. The third kappa shape index (κ3) is 5.35. The van der Waals surface area contributed by atoms with Crippen LogP contribution in [-0.4, -0.2) is 9.90 Å². The van der Waals surface area contributed by atoms with E-state index in [4.69, 9.17) is 4.74 Å². The van der Waals surface area contributed by atoms with Gasteiger partial charge in [-0.05, 0) is 54.1 Å². The maximum atomic E-state index is 13.7. The molecule has 4 nitrogen and oxygen atoms in total.